The van der Waals surface area contributed by atoms with E-state index in [1.165, 1.54) is 0 Å². The van der Waals surface area contributed by atoms with Crippen molar-refractivity contribution in [3.05, 3.63) is 12.7 Å². The van der Waals surface area contributed by atoms with E-state index >= 15 is 0 Å². The highest BCUT2D eigenvalue weighted by molar-refractivity contribution is 5.77. The molecule has 1 atom stereocenters. The van der Waals surface area contributed by atoms with Crippen molar-refractivity contribution in [1.82, 2.24) is 5.32 Å². The van der Waals surface area contributed by atoms with Crippen molar-refractivity contribution in [2.75, 3.05) is 13.2 Å². The molecule has 0 unspecified atom stereocenters. The van der Waals surface area contributed by atoms with E-state index in [1.807, 2.05) is 0 Å². The Morgan fingerprint density at radius 2 is 2.58 bits per heavy atom. The molecule has 0 aromatic rings. The molecule has 1 aliphatic heterocycles. The van der Waals surface area contributed by atoms with Crippen LogP contribution in [0.3, 0.4) is 0 Å². The maximum absolute atomic E-state index is 10.8. The molecule has 0 aliphatic carbocycles. The summed E-state index contributed by atoms with van der Waals surface area (Å²) in [5.74, 6) is -0.943. The molecule has 0 bridgehead atoms. The number of hydrogen-bond acceptors (Lipinski definition) is 3. The molecule has 0 spiro atoms. The zero-order valence-electron chi connectivity index (χ0n) is 6.88. The van der Waals surface area contributed by atoms with Crippen molar-refractivity contribution < 1.29 is 14.6 Å². The minimum absolute atomic E-state index is 0.263. The Morgan fingerprint density at radius 1 is 1.83 bits per heavy atom. The summed E-state index contributed by atoms with van der Waals surface area (Å²) in [4.78, 5) is 10.8. The smallest absolute Gasteiger partial charge is 0.351 e. The molecule has 2 N–H and O–H groups in total. The van der Waals surface area contributed by atoms with Gasteiger partial charge in [-0.2, -0.15) is 0 Å². The van der Waals surface area contributed by atoms with Crippen LogP contribution in [0.5, 0.6) is 0 Å². The van der Waals surface area contributed by atoms with Crippen LogP contribution in [-0.4, -0.2) is 30.0 Å². The van der Waals surface area contributed by atoms with Gasteiger partial charge in [-0.05, 0) is 13.0 Å². The van der Waals surface area contributed by atoms with E-state index in [9.17, 15) is 4.79 Å². The third-order valence-corrected chi connectivity index (χ3v) is 1.91. The van der Waals surface area contributed by atoms with Crippen molar-refractivity contribution in [3.8, 4) is 0 Å². The zero-order valence-corrected chi connectivity index (χ0v) is 6.88. The fraction of sp³-hybridized carbons (Fsp3) is 0.625. The number of carboxylic acids is 1. The summed E-state index contributed by atoms with van der Waals surface area (Å²) in [7, 11) is 0. The Kier molecular flexibility index (Phi) is 2.83. The van der Waals surface area contributed by atoms with E-state index in [4.69, 9.17) is 9.84 Å². The lowest BCUT2D eigenvalue weighted by Crippen LogP contribution is -2.50. The fourth-order valence-electron chi connectivity index (χ4n) is 1.28. The molecule has 1 fully saturated rings. The normalized spacial score (nSPS) is 28.7. The first-order valence-electron chi connectivity index (χ1n) is 3.94. The molecule has 4 nitrogen and oxygen atoms in total. The van der Waals surface area contributed by atoms with Crippen molar-refractivity contribution in [1.29, 1.82) is 0 Å². The first-order chi connectivity index (χ1) is 5.71. The van der Waals surface area contributed by atoms with E-state index < -0.39 is 11.7 Å². The molecule has 1 aliphatic rings. The SMILES string of the molecule is C=CCO[C@@]1(C(=O)O)CCCN1. The topological polar surface area (TPSA) is 58.6 Å². The predicted octanol–water partition coefficient (Wildman–Crippen LogP) is 0.353. The van der Waals surface area contributed by atoms with Gasteiger partial charge in [0, 0.05) is 6.42 Å². The van der Waals surface area contributed by atoms with Gasteiger partial charge >= 0.3 is 5.97 Å². The van der Waals surface area contributed by atoms with Crippen LogP contribution in [0, 0.1) is 0 Å². The summed E-state index contributed by atoms with van der Waals surface area (Å²) in [5, 5.41) is 11.7. The van der Waals surface area contributed by atoms with E-state index in [0.717, 1.165) is 6.42 Å². The van der Waals surface area contributed by atoms with Gasteiger partial charge < -0.3 is 9.84 Å². The molecule has 12 heavy (non-hydrogen) atoms. The minimum Gasteiger partial charge on any atom is -0.478 e. The van der Waals surface area contributed by atoms with Gasteiger partial charge in [-0.1, -0.05) is 6.08 Å². The molecular weight excluding hydrogens is 158 g/mol. The molecule has 1 saturated heterocycles. The van der Waals surface area contributed by atoms with Crippen molar-refractivity contribution >= 4 is 5.97 Å². The van der Waals surface area contributed by atoms with Crippen molar-refractivity contribution in [3.63, 3.8) is 0 Å². The van der Waals surface area contributed by atoms with Crippen LogP contribution in [0.1, 0.15) is 12.8 Å². The molecule has 4 heteroatoms. The highest BCUT2D eigenvalue weighted by Crippen LogP contribution is 2.20. The average Bonchev–Trinajstić information content (AvgIpc) is 2.50. The van der Waals surface area contributed by atoms with Gasteiger partial charge in [0.15, 0.2) is 0 Å². The Labute approximate surface area is 71.2 Å². The number of carbonyl (C=O) groups is 1. The summed E-state index contributed by atoms with van der Waals surface area (Å²) < 4.78 is 5.17. The number of hydrogen-bond donors (Lipinski definition) is 2. The summed E-state index contributed by atoms with van der Waals surface area (Å²) in [6.07, 6.45) is 2.91. The zero-order chi connectivity index (χ0) is 9.03. The van der Waals surface area contributed by atoms with Gasteiger partial charge in [0.25, 0.3) is 0 Å². The largest absolute Gasteiger partial charge is 0.478 e. The predicted molar refractivity (Wildman–Crippen MR) is 43.8 cm³/mol. The Morgan fingerprint density at radius 3 is 3.00 bits per heavy atom. The Bertz CT molecular complexity index is 185. The van der Waals surface area contributed by atoms with E-state index in [2.05, 4.69) is 11.9 Å². The number of rotatable bonds is 4. The van der Waals surface area contributed by atoms with Gasteiger partial charge in [0.2, 0.25) is 5.72 Å². The Balaban J connectivity index is 2.58. The molecular formula is C8H13NO3. The average molecular weight is 171 g/mol. The van der Waals surface area contributed by atoms with Crippen LogP contribution >= 0.6 is 0 Å². The highest BCUT2D eigenvalue weighted by atomic mass is 16.5. The molecule has 0 amide bonds. The number of aliphatic carboxylic acids is 1. The quantitative estimate of drug-likeness (QED) is 0.599. The van der Waals surface area contributed by atoms with E-state index in [-0.39, 0.29) is 6.61 Å². The molecule has 1 heterocycles. The van der Waals surface area contributed by atoms with Crippen molar-refractivity contribution in [2.45, 2.75) is 18.6 Å². The second-order valence-corrected chi connectivity index (χ2v) is 2.76. The molecule has 0 aromatic heterocycles. The summed E-state index contributed by atoms with van der Waals surface area (Å²) in [6, 6.07) is 0. The van der Waals surface area contributed by atoms with Crippen LogP contribution in [0.4, 0.5) is 0 Å². The lowest BCUT2D eigenvalue weighted by atomic mass is 10.2. The lowest BCUT2D eigenvalue weighted by molar-refractivity contribution is -0.167. The third-order valence-electron chi connectivity index (χ3n) is 1.91. The van der Waals surface area contributed by atoms with Gasteiger partial charge in [-0.25, -0.2) is 4.79 Å². The summed E-state index contributed by atoms with van der Waals surface area (Å²) in [5.41, 5.74) is -1.16. The van der Waals surface area contributed by atoms with Gasteiger partial charge in [0.1, 0.15) is 0 Å². The number of carboxylic acid groups (broad SMARTS) is 1. The van der Waals surface area contributed by atoms with Crippen LogP contribution in [0.15, 0.2) is 12.7 Å². The minimum atomic E-state index is -1.16. The number of ether oxygens (including phenoxy) is 1. The number of nitrogens with one attached hydrogen (secondary N) is 1. The van der Waals surface area contributed by atoms with Crippen LogP contribution in [-0.2, 0) is 9.53 Å². The van der Waals surface area contributed by atoms with Gasteiger partial charge in [-0.15, -0.1) is 6.58 Å². The standard InChI is InChI=1S/C8H13NO3/c1-2-6-12-8(7(10)11)4-3-5-9-8/h2,9H,1,3-6H2,(H,10,11)/t8-/m1/s1. The maximum Gasteiger partial charge on any atom is 0.351 e. The molecule has 1 rings (SSSR count). The second kappa shape index (κ2) is 3.69. The summed E-state index contributed by atoms with van der Waals surface area (Å²) in [6.45, 7) is 4.43. The third kappa shape index (κ3) is 1.65. The maximum atomic E-state index is 10.8. The molecule has 68 valence electrons. The van der Waals surface area contributed by atoms with E-state index in [0.29, 0.717) is 13.0 Å². The molecule has 0 radical (unpaired) electrons. The second-order valence-electron chi connectivity index (χ2n) is 2.76. The van der Waals surface area contributed by atoms with Gasteiger partial charge in [-0.3, -0.25) is 5.32 Å². The fourth-order valence-corrected chi connectivity index (χ4v) is 1.28. The summed E-state index contributed by atoms with van der Waals surface area (Å²) >= 11 is 0. The highest BCUT2D eigenvalue weighted by Gasteiger charge is 2.41. The van der Waals surface area contributed by atoms with Gasteiger partial charge in [0.05, 0.1) is 6.61 Å². The Hall–Kier alpha value is -0.870. The first kappa shape index (κ1) is 9.22. The first-order valence-corrected chi connectivity index (χ1v) is 3.94. The van der Waals surface area contributed by atoms with E-state index in [1.54, 1.807) is 6.08 Å². The van der Waals surface area contributed by atoms with Crippen LogP contribution in [0.2, 0.25) is 0 Å². The monoisotopic (exact) mass is 171 g/mol. The van der Waals surface area contributed by atoms with Crippen molar-refractivity contribution in [2.24, 2.45) is 0 Å². The van der Waals surface area contributed by atoms with Crippen LogP contribution < -0.4 is 5.32 Å². The molecule has 0 aromatic carbocycles. The molecule has 0 saturated carbocycles. The lowest BCUT2D eigenvalue weighted by Gasteiger charge is -2.23. The van der Waals surface area contributed by atoms with Crippen LogP contribution in [0.25, 0.3) is 0 Å².